The summed E-state index contributed by atoms with van der Waals surface area (Å²) in [6.07, 6.45) is 4.41. The molecule has 0 radical (unpaired) electrons. The zero-order valence-electron chi connectivity index (χ0n) is 9.70. The fraction of sp³-hybridized carbons (Fsp3) is 1.00. The third-order valence-electron chi connectivity index (χ3n) is 3.01. The maximum absolute atomic E-state index is 12.0. The van der Waals surface area contributed by atoms with Crippen molar-refractivity contribution in [3.63, 3.8) is 0 Å². The number of sulfonamides is 1. The Hall–Kier alpha value is -0.130. The Labute approximate surface area is 93.1 Å². The molecule has 0 bridgehead atoms. The van der Waals surface area contributed by atoms with Gasteiger partial charge in [-0.1, -0.05) is 19.8 Å². The van der Waals surface area contributed by atoms with Crippen LogP contribution in [0.3, 0.4) is 0 Å². The number of rotatable bonds is 6. The highest BCUT2D eigenvalue weighted by Gasteiger charge is 2.29. The molecule has 0 aliphatic heterocycles. The van der Waals surface area contributed by atoms with Gasteiger partial charge in [-0.25, -0.2) is 8.42 Å². The first-order valence-electron chi connectivity index (χ1n) is 5.76. The lowest BCUT2D eigenvalue weighted by Gasteiger charge is -2.26. The van der Waals surface area contributed by atoms with E-state index in [4.69, 9.17) is 0 Å². The van der Waals surface area contributed by atoms with Crippen molar-refractivity contribution in [1.29, 1.82) is 0 Å². The summed E-state index contributed by atoms with van der Waals surface area (Å²) in [4.78, 5) is 0. The molecule has 0 aromatic heterocycles. The number of nitrogens with one attached hydrogen (secondary N) is 1. The van der Waals surface area contributed by atoms with Crippen molar-refractivity contribution < 1.29 is 8.42 Å². The molecule has 1 saturated carbocycles. The average molecular weight is 234 g/mol. The summed E-state index contributed by atoms with van der Waals surface area (Å²) in [5, 5.41) is 2.89. The summed E-state index contributed by atoms with van der Waals surface area (Å²) in [7, 11) is -1.27. The molecule has 0 aromatic carbocycles. The van der Waals surface area contributed by atoms with E-state index in [9.17, 15) is 8.42 Å². The molecule has 0 amide bonds. The highest BCUT2D eigenvalue weighted by atomic mass is 32.2. The van der Waals surface area contributed by atoms with E-state index in [1.807, 2.05) is 6.92 Å². The van der Waals surface area contributed by atoms with Crippen LogP contribution >= 0.6 is 0 Å². The molecule has 0 aromatic rings. The molecule has 1 aliphatic carbocycles. The van der Waals surface area contributed by atoms with E-state index in [1.165, 1.54) is 12.8 Å². The quantitative estimate of drug-likeness (QED) is 0.739. The fourth-order valence-corrected chi connectivity index (χ4v) is 3.98. The van der Waals surface area contributed by atoms with Crippen LogP contribution in [0.15, 0.2) is 0 Å². The van der Waals surface area contributed by atoms with Crippen LogP contribution in [-0.2, 0) is 10.0 Å². The van der Waals surface area contributed by atoms with Gasteiger partial charge in [-0.05, 0) is 19.9 Å². The molecule has 5 heteroatoms. The van der Waals surface area contributed by atoms with Crippen molar-refractivity contribution in [3.8, 4) is 0 Å². The van der Waals surface area contributed by atoms with Crippen LogP contribution in [0.1, 0.15) is 32.6 Å². The summed E-state index contributed by atoms with van der Waals surface area (Å²) >= 11 is 0. The third-order valence-corrected chi connectivity index (χ3v) is 5.00. The van der Waals surface area contributed by atoms with E-state index in [2.05, 4.69) is 5.32 Å². The minimum atomic E-state index is -3.05. The van der Waals surface area contributed by atoms with E-state index in [-0.39, 0.29) is 11.8 Å². The normalized spacial score (nSPS) is 18.9. The first-order chi connectivity index (χ1) is 7.11. The fourth-order valence-electron chi connectivity index (χ4n) is 2.22. The van der Waals surface area contributed by atoms with Crippen LogP contribution in [0, 0.1) is 0 Å². The SMILES string of the molecule is CCN(C1CCCC1)S(=O)(=O)CCNC. The zero-order valence-corrected chi connectivity index (χ0v) is 10.5. The van der Waals surface area contributed by atoms with Gasteiger partial charge in [-0.2, -0.15) is 4.31 Å². The molecule has 0 saturated heterocycles. The Morgan fingerprint density at radius 3 is 2.40 bits per heavy atom. The van der Waals surface area contributed by atoms with Crippen LogP contribution in [0.2, 0.25) is 0 Å². The summed E-state index contributed by atoms with van der Waals surface area (Å²) in [6, 6.07) is 0.261. The van der Waals surface area contributed by atoms with Gasteiger partial charge in [0.15, 0.2) is 0 Å². The standard InChI is InChI=1S/C10H22N2O2S/c1-3-12(10-6-4-5-7-10)15(13,14)9-8-11-2/h10-11H,3-9H2,1-2H3. The molecule has 15 heavy (non-hydrogen) atoms. The number of nitrogens with zero attached hydrogens (tertiary/aromatic N) is 1. The lowest BCUT2D eigenvalue weighted by atomic mass is 10.2. The largest absolute Gasteiger partial charge is 0.319 e. The third kappa shape index (κ3) is 3.43. The highest BCUT2D eigenvalue weighted by Crippen LogP contribution is 2.25. The average Bonchev–Trinajstić information content (AvgIpc) is 2.69. The molecule has 0 spiro atoms. The Morgan fingerprint density at radius 1 is 1.33 bits per heavy atom. The predicted octanol–water partition coefficient (Wildman–Crippen LogP) is 0.800. The van der Waals surface area contributed by atoms with Gasteiger partial charge in [0.2, 0.25) is 10.0 Å². The van der Waals surface area contributed by atoms with Crippen LogP contribution in [0.25, 0.3) is 0 Å². The molecule has 1 N–H and O–H groups in total. The maximum atomic E-state index is 12.0. The van der Waals surface area contributed by atoms with Gasteiger partial charge in [0.1, 0.15) is 0 Å². The van der Waals surface area contributed by atoms with Crippen LogP contribution in [0.5, 0.6) is 0 Å². The van der Waals surface area contributed by atoms with Crippen molar-refractivity contribution in [2.24, 2.45) is 0 Å². The van der Waals surface area contributed by atoms with Crippen LogP contribution in [0.4, 0.5) is 0 Å². The predicted molar refractivity (Wildman–Crippen MR) is 62.3 cm³/mol. The van der Waals surface area contributed by atoms with Gasteiger partial charge < -0.3 is 5.32 Å². The van der Waals surface area contributed by atoms with Crippen molar-refractivity contribution in [1.82, 2.24) is 9.62 Å². The second-order valence-electron chi connectivity index (χ2n) is 4.06. The first kappa shape index (κ1) is 12.9. The molecular weight excluding hydrogens is 212 g/mol. The van der Waals surface area contributed by atoms with E-state index < -0.39 is 10.0 Å². The molecular formula is C10H22N2O2S. The Balaban J connectivity index is 2.63. The zero-order chi connectivity index (χ0) is 11.3. The van der Waals surface area contributed by atoms with Crippen molar-refractivity contribution in [2.75, 3.05) is 25.9 Å². The topological polar surface area (TPSA) is 49.4 Å². The number of hydrogen-bond acceptors (Lipinski definition) is 3. The van der Waals surface area contributed by atoms with Gasteiger partial charge in [0.25, 0.3) is 0 Å². The first-order valence-corrected chi connectivity index (χ1v) is 7.37. The molecule has 4 nitrogen and oxygen atoms in total. The maximum Gasteiger partial charge on any atom is 0.215 e. The summed E-state index contributed by atoms with van der Waals surface area (Å²) in [6.45, 7) is 3.07. The van der Waals surface area contributed by atoms with E-state index >= 15 is 0 Å². The monoisotopic (exact) mass is 234 g/mol. The van der Waals surface area contributed by atoms with E-state index in [1.54, 1.807) is 11.4 Å². The van der Waals surface area contributed by atoms with Crippen LogP contribution < -0.4 is 5.32 Å². The van der Waals surface area contributed by atoms with Crippen molar-refractivity contribution in [3.05, 3.63) is 0 Å². The van der Waals surface area contributed by atoms with Gasteiger partial charge >= 0.3 is 0 Å². The summed E-state index contributed by atoms with van der Waals surface area (Å²) in [5.74, 6) is 0.216. The molecule has 1 fully saturated rings. The lowest BCUT2D eigenvalue weighted by molar-refractivity contribution is 0.335. The summed E-state index contributed by atoms with van der Waals surface area (Å²) in [5.41, 5.74) is 0. The summed E-state index contributed by atoms with van der Waals surface area (Å²) < 4.78 is 25.7. The minimum Gasteiger partial charge on any atom is -0.319 e. The second-order valence-corrected chi connectivity index (χ2v) is 6.10. The van der Waals surface area contributed by atoms with Crippen molar-refractivity contribution in [2.45, 2.75) is 38.6 Å². The smallest absolute Gasteiger partial charge is 0.215 e. The number of hydrogen-bond donors (Lipinski definition) is 1. The minimum absolute atomic E-state index is 0.216. The lowest BCUT2D eigenvalue weighted by Crippen LogP contribution is -2.41. The molecule has 0 atom stereocenters. The van der Waals surface area contributed by atoms with Crippen LogP contribution in [-0.4, -0.2) is 44.7 Å². The Kier molecular flexibility index (Phi) is 5.02. The van der Waals surface area contributed by atoms with Gasteiger partial charge in [0.05, 0.1) is 5.75 Å². The van der Waals surface area contributed by atoms with E-state index in [0.717, 1.165) is 12.8 Å². The Bertz CT molecular complexity index is 271. The molecule has 90 valence electrons. The van der Waals surface area contributed by atoms with Gasteiger partial charge in [-0.15, -0.1) is 0 Å². The van der Waals surface area contributed by atoms with E-state index in [0.29, 0.717) is 13.1 Å². The Morgan fingerprint density at radius 2 is 1.93 bits per heavy atom. The second kappa shape index (κ2) is 5.82. The highest BCUT2D eigenvalue weighted by molar-refractivity contribution is 7.89. The molecule has 0 unspecified atom stereocenters. The molecule has 1 rings (SSSR count). The molecule has 0 heterocycles. The van der Waals surface area contributed by atoms with Crippen molar-refractivity contribution >= 4 is 10.0 Å². The molecule has 1 aliphatic rings. The van der Waals surface area contributed by atoms with Gasteiger partial charge in [0, 0.05) is 19.1 Å². The van der Waals surface area contributed by atoms with Gasteiger partial charge in [-0.3, -0.25) is 0 Å².